The smallest absolute Gasteiger partial charge is 0.105 e. The van der Waals surface area contributed by atoms with E-state index in [2.05, 4.69) is 45.1 Å². The summed E-state index contributed by atoms with van der Waals surface area (Å²) in [7, 11) is 0. The van der Waals surface area contributed by atoms with Crippen molar-refractivity contribution in [2.45, 2.75) is 40.2 Å². The lowest BCUT2D eigenvalue weighted by Gasteiger charge is -2.19. The van der Waals surface area contributed by atoms with Gasteiger partial charge in [-0.1, -0.05) is 17.7 Å². The van der Waals surface area contributed by atoms with Crippen molar-refractivity contribution in [2.75, 3.05) is 6.54 Å². The molecule has 1 atom stereocenters. The molecular weight excluding hydrogens is 234 g/mol. The van der Waals surface area contributed by atoms with Gasteiger partial charge in [0.1, 0.15) is 5.76 Å². The lowest BCUT2D eigenvalue weighted by atomic mass is 9.95. The molecule has 2 rings (SSSR count). The topological polar surface area (TPSA) is 25.2 Å². The second-order valence-corrected chi connectivity index (χ2v) is 5.32. The molecule has 0 saturated carbocycles. The summed E-state index contributed by atoms with van der Waals surface area (Å²) >= 11 is 0. The second kappa shape index (κ2) is 6.07. The molecule has 0 aliphatic carbocycles. The van der Waals surface area contributed by atoms with Crippen molar-refractivity contribution in [3.63, 3.8) is 0 Å². The summed E-state index contributed by atoms with van der Waals surface area (Å²) in [5.74, 6) is 1.04. The van der Waals surface area contributed by atoms with Crippen LogP contribution in [-0.2, 0) is 6.42 Å². The van der Waals surface area contributed by atoms with E-state index in [0.717, 1.165) is 18.7 Å². The van der Waals surface area contributed by atoms with Gasteiger partial charge in [0.05, 0.1) is 6.26 Å². The van der Waals surface area contributed by atoms with Crippen molar-refractivity contribution >= 4 is 0 Å². The minimum atomic E-state index is 0.371. The fourth-order valence-electron chi connectivity index (χ4n) is 2.84. The fraction of sp³-hybridized carbons (Fsp3) is 0.412. The van der Waals surface area contributed by atoms with Crippen LogP contribution in [0.3, 0.4) is 0 Å². The van der Waals surface area contributed by atoms with E-state index in [-0.39, 0.29) is 0 Å². The fourth-order valence-corrected chi connectivity index (χ4v) is 2.84. The number of hydrogen-bond acceptors (Lipinski definition) is 2. The Morgan fingerprint density at radius 2 is 1.84 bits per heavy atom. The zero-order valence-corrected chi connectivity index (χ0v) is 12.3. The Balaban J connectivity index is 1.98. The van der Waals surface area contributed by atoms with Crippen molar-refractivity contribution in [3.05, 3.63) is 58.5 Å². The van der Waals surface area contributed by atoms with Crippen LogP contribution in [0.2, 0.25) is 0 Å². The molecule has 19 heavy (non-hydrogen) atoms. The molecule has 2 aromatic rings. The molecule has 0 amide bonds. The monoisotopic (exact) mass is 257 g/mol. The van der Waals surface area contributed by atoms with E-state index in [4.69, 9.17) is 4.42 Å². The minimum absolute atomic E-state index is 0.371. The summed E-state index contributed by atoms with van der Waals surface area (Å²) in [6.45, 7) is 9.70. The van der Waals surface area contributed by atoms with Gasteiger partial charge in [0, 0.05) is 19.0 Å². The molecule has 102 valence electrons. The second-order valence-electron chi connectivity index (χ2n) is 5.32. The predicted molar refractivity (Wildman–Crippen MR) is 79.5 cm³/mol. The van der Waals surface area contributed by atoms with Crippen LogP contribution in [0.15, 0.2) is 34.9 Å². The first-order valence-corrected chi connectivity index (χ1v) is 6.91. The molecule has 0 fully saturated rings. The van der Waals surface area contributed by atoms with Crippen LogP contribution < -0.4 is 5.32 Å². The van der Waals surface area contributed by atoms with Gasteiger partial charge in [-0.15, -0.1) is 0 Å². The molecule has 0 bridgehead atoms. The maximum absolute atomic E-state index is 5.34. The molecule has 1 unspecified atom stereocenters. The predicted octanol–water partition coefficient (Wildman–Crippen LogP) is 4.10. The van der Waals surface area contributed by atoms with E-state index in [1.807, 2.05) is 12.1 Å². The Hall–Kier alpha value is -1.54. The highest BCUT2D eigenvalue weighted by molar-refractivity contribution is 5.39. The van der Waals surface area contributed by atoms with Gasteiger partial charge < -0.3 is 9.73 Å². The first-order chi connectivity index (χ1) is 9.08. The lowest BCUT2D eigenvalue weighted by Crippen LogP contribution is -2.22. The van der Waals surface area contributed by atoms with Crippen molar-refractivity contribution in [3.8, 4) is 0 Å². The summed E-state index contributed by atoms with van der Waals surface area (Å²) in [5, 5.41) is 3.58. The number of furan rings is 1. The largest absolute Gasteiger partial charge is 0.469 e. The number of benzene rings is 1. The van der Waals surface area contributed by atoms with Crippen LogP contribution in [0.1, 0.15) is 41.0 Å². The standard InChI is InChI=1S/C17H23NO/c1-12-10-13(2)17(14(3)11-12)15(4)18-8-7-16-6-5-9-19-16/h5-6,9-11,15,18H,7-8H2,1-4H3. The maximum atomic E-state index is 5.34. The molecule has 2 nitrogen and oxygen atoms in total. The van der Waals surface area contributed by atoms with E-state index in [1.54, 1.807) is 6.26 Å². The van der Waals surface area contributed by atoms with E-state index >= 15 is 0 Å². The molecule has 0 saturated heterocycles. The van der Waals surface area contributed by atoms with E-state index in [9.17, 15) is 0 Å². The molecule has 0 aliphatic heterocycles. The summed E-state index contributed by atoms with van der Waals surface area (Å²) < 4.78 is 5.34. The molecular formula is C17H23NO. The van der Waals surface area contributed by atoms with Crippen LogP contribution in [-0.4, -0.2) is 6.54 Å². The average Bonchev–Trinajstić information content (AvgIpc) is 2.80. The van der Waals surface area contributed by atoms with E-state index < -0.39 is 0 Å². The van der Waals surface area contributed by atoms with Gasteiger partial charge in [0.15, 0.2) is 0 Å². The van der Waals surface area contributed by atoms with Gasteiger partial charge in [0.2, 0.25) is 0 Å². The van der Waals surface area contributed by atoms with Gasteiger partial charge in [-0.2, -0.15) is 0 Å². The highest BCUT2D eigenvalue weighted by atomic mass is 16.3. The Morgan fingerprint density at radius 1 is 1.16 bits per heavy atom. The van der Waals surface area contributed by atoms with Crippen molar-refractivity contribution in [1.29, 1.82) is 0 Å². The minimum Gasteiger partial charge on any atom is -0.469 e. The van der Waals surface area contributed by atoms with Crippen molar-refractivity contribution in [2.24, 2.45) is 0 Å². The molecule has 0 radical (unpaired) electrons. The molecule has 0 aliphatic rings. The quantitative estimate of drug-likeness (QED) is 0.872. The zero-order valence-electron chi connectivity index (χ0n) is 12.3. The Morgan fingerprint density at radius 3 is 2.42 bits per heavy atom. The van der Waals surface area contributed by atoms with Gasteiger partial charge >= 0.3 is 0 Å². The van der Waals surface area contributed by atoms with Crippen LogP contribution in [0.4, 0.5) is 0 Å². The van der Waals surface area contributed by atoms with Gasteiger partial charge in [-0.05, 0) is 56.5 Å². The summed E-state index contributed by atoms with van der Waals surface area (Å²) in [5.41, 5.74) is 5.50. The van der Waals surface area contributed by atoms with Crippen molar-refractivity contribution < 1.29 is 4.42 Å². The SMILES string of the molecule is Cc1cc(C)c(C(C)NCCc2ccco2)c(C)c1. The van der Waals surface area contributed by atoms with Crippen LogP contribution in [0.5, 0.6) is 0 Å². The normalized spacial score (nSPS) is 12.6. The van der Waals surface area contributed by atoms with Gasteiger partial charge in [-0.3, -0.25) is 0 Å². The molecule has 1 aromatic heterocycles. The third-order valence-corrected chi connectivity index (χ3v) is 3.57. The zero-order chi connectivity index (χ0) is 13.8. The lowest BCUT2D eigenvalue weighted by molar-refractivity contribution is 0.485. The molecule has 1 N–H and O–H groups in total. The summed E-state index contributed by atoms with van der Waals surface area (Å²) in [4.78, 5) is 0. The number of aryl methyl sites for hydroxylation is 3. The van der Waals surface area contributed by atoms with Gasteiger partial charge in [-0.25, -0.2) is 0 Å². The Bertz CT molecular complexity index is 505. The van der Waals surface area contributed by atoms with Crippen LogP contribution >= 0.6 is 0 Å². The molecule has 2 heteroatoms. The molecule has 1 heterocycles. The number of hydrogen-bond donors (Lipinski definition) is 1. The third kappa shape index (κ3) is 3.48. The average molecular weight is 257 g/mol. The molecule has 1 aromatic carbocycles. The van der Waals surface area contributed by atoms with Crippen LogP contribution in [0.25, 0.3) is 0 Å². The highest BCUT2D eigenvalue weighted by Gasteiger charge is 2.11. The number of nitrogens with one attached hydrogen (secondary N) is 1. The maximum Gasteiger partial charge on any atom is 0.105 e. The summed E-state index contributed by atoms with van der Waals surface area (Å²) in [6, 6.07) is 8.84. The van der Waals surface area contributed by atoms with E-state index in [1.165, 1.54) is 22.3 Å². The van der Waals surface area contributed by atoms with Gasteiger partial charge in [0.25, 0.3) is 0 Å². The third-order valence-electron chi connectivity index (χ3n) is 3.57. The first-order valence-electron chi connectivity index (χ1n) is 6.91. The number of rotatable bonds is 5. The Kier molecular flexibility index (Phi) is 4.43. The highest BCUT2D eigenvalue weighted by Crippen LogP contribution is 2.23. The molecule has 0 spiro atoms. The van der Waals surface area contributed by atoms with Crippen LogP contribution in [0, 0.1) is 20.8 Å². The Labute approximate surface area is 115 Å². The first kappa shape index (κ1) is 13.9. The summed E-state index contributed by atoms with van der Waals surface area (Å²) in [6.07, 6.45) is 2.66. The van der Waals surface area contributed by atoms with E-state index in [0.29, 0.717) is 6.04 Å². The van der Waals surface area contributed by atoms with Crippen molar-refractivity contribution in [1.82, 2.24) is 5.32 Å².